The van der Waals surface area contributed by atoms with Crippen LogP contribution in [0.3, 0.4) is 0 Å². The van der Waals surface area contributed by atoms with E-state index < -0.39 is 24.3 Å². The largest absolute Gasteiger partial charge is 0.453 e. The first-order valence-corrected chi connectivity index (χ1v) is 19.2. The van der Waals surface area contributed by atoms with Crippen LogP contribution < -0.4 is 10.6 Å². The Hall–Kier alpha value is -5.99. The van der Waals surface area contributed by atoms with Gasteiger partial charge in [0.25, 0.3) is 0 Å². The molecule has 3 aromatic heterocycles. The summed E-state index contributed by atoms with van der Waals surface area (Å²) in [6.45, 7) is 8.75. The van der Waals surface area contributed by atoms with Gasteiger partial charge in [0, 0.05) is 41.2 Å². The standard InChI is InChI=1S/C41H49N9O6/c1-22(2)34(47-40(53)55-5)38(51)49-15-7-9-32(49)36-43-20-30(45-36)24-11-13-27-26(17-24)19-42-29-18-25(12-14-28(27)29)31-21-44-37(46-31)33-10-8-16-50(33)39(52)35(23(3)4)48-41(54)56-6/h11-14,17-23,32-35H,7-10,15-16H2,1-6H3,(H,43,45)(H,44,46)(H,47,53)(H,48,54). The number of carbonyl (C=O) groups excluding carboxylic acids is 4. The fourth-order valence-corrected chi connectivity index (χ4v) is 7.95. The van der Waals surface area contributed by atoms with Gasteiger partial charge in [0.15, 0.2) is 0 Å². The van der Waals surface area contributed by atoms with Gasteiger partial charge in [-0.1, -0.05) is 52.0 Å². The molecular formula is C41H49N9O6. The monoisotopic (exact) mass is 763 g/mol. The molecule has 4 unspecified atom stereocenters. The average Bonchev–Trinajstić information content (AvgIpc) is 4.04. The van der Waals surface area contributed by atoms with Crippen molar-refractivity contribution in [2.75, 3.05) is 27.3 Å². The van der Waals surface area contributed by atoms with E-state index in [2.05, 4.69) is 44.9 Å². The molecule has 5 heterocycles. The summed E-state index contributed by atoms with van der Waals surface area (Å²) in [6.07, 6.45) is 7.40. The van der Waals surface area contributed by atoms with Crippen molar-refractivity contribution in [2.45, 2.75) is 77.5 Å². The third-order valence-corrected chi connectivity index (χ3v) is 11.0. The Kier molecular flexibility index (Phi) is 10.9. The van der Waals surface area contributed by atoms with E-state index in [4.69, 9.17) is 24.4 Å². The highest BCUT2D eigenvalue weighted by atomic mass is 16.5. The van der Waals surface area contributed by atoms with Gasteiger partial charge in [0.05, 0.1) is 55.6 Å². The molecule has 2 aliphatic rings. The smallest absolute Gasteiger partial charge is 0.407 e. The number of rotatable bonds is 10. The molecule has 5 aromatic rings. The van der Waals surface area contributed by atoms with E-state index in [9.17, 15) is 19.2 Å². The highest BCUT2D eigenvalue weighted by molar-refractivity contribution is 6.07. The molecule has 0 spiro atoms. The lowest BCUT2D eigenvalue weighted by molar-refractivity contribution is -0.136. The number of aromatic amines is 2. The number of methoxy groups -OCH3 is 2. The van der Waals surface area contributed by atoms with E-state index in [1.807, 2.05) is 46.0 Å². The van der Waals surface area contributed by atoms with Crippen molar-refractivity contribution >= 4 is 45.7 Å². The Balaban J connectivity index is 1.08. The van der Waals surface area contributed by atoms with Crippen LogP contribution in [-0.2, 0) is 19.1 Å². The van der Waals surface area contributed by atoms with Crippen LogP contribution in [0.2, 0.25) is 0 Å². The fraction of sp³-hybridized carbons (Fsp3) is 0.439. The van der Waals surface area contributed by atoms with Crippen molar-refractivity contribution in [3.05, 3.63) is 66.6 Å². The van der Waals surface area contributed by atoms with E-state index in [1.54, 1.807) is 22.2 Å². The van der Waals surface area contributed by atoms with Crippen LogP contribution in [0, 0.1) is 11.8 Å². The minimum atomic E-state index is -0.700. The number of aromatic nitrogens is 5. The number of hydrogen-bond donors (Lipinski definition) is 4. The lowest BCUT2D eigenvalue weighted by Gasteiger charge is -2.30. The normalized spacial score (nSPS) is 18.1. The second kappa shape index (κ2) is 16.0. The number of benzene rings is 2. The molecule has 4 N–H and O–H groups in total. The van der Waals surface area contributed by atoms with Crippen molar-refractivity contribution in [3.63, 3.8) is 0 Å². The Morgan fingerprint density at radius 1 is 0.679 bits per heavy atom. The fourth-order valence-electron chi connectivity index (χ4n) is 7.95. The van der Waals surface area contributed by atoms with E-state index in [-0.39, 0.29) is 35.7 Å². The summed E-state index contributed by atoms with van der Waals surface area (Å²) in [5, 5.41) is 8.43. The number of pyridine rings is 1. The Bertz CT molecular complexity index is 2110. The number of alkyl carbamates (subject to hydrolysis) is 2. The number of imidazole rings is 2. The number of fused-ring (bicyclic) bond motifs is 3. The van der Waals surface area contributed by atoms with Crippen molar-refractivity contribution in [2.24, 2.45) is 11.8 Å². The maximum absolute atomic E-state index is 13.6. The van der Waals surface area contributed by atoms with Gasteiger partial charge in [-0.05, 0) is 55.0 Å². The molecule has 2 saturated heterocycles. The highest BCUT2D eigenvalue weighted by Crippen LogP contribution is 2.36. The molecule has 2 aliphatic heterocycles. The summed E-state index contributed by atoms with van der Waals surface area (Å²) in [6, 6.07) is 10.5. The second-order valence-electron chi connectivity index (χ2n) is 15.3. The predicted octanol–water partition coefficient (Wildman–Crippen LogP) is 6.26. The molecule has 15 heteroatoms. The van der Waals surface area contributed by atoms with Crippen molar-refractivity contribution in [1.29, 1.82) is 0 Å². The number of H-pyrrole nitrogens is 2. The van der Waals surface area contributed by atoms with E-state index in [0.29, 0.717) is 24.7 Å². The van der Waals surface area contributed by atoms with E-state index >= 15 is 0 Å². The second-order valence-corrected chi connectivity index (χ2v) is 15.3. The maximum Gasteiger partial charge on any atom is 0.407 e. The van der Waals surface area contributed by atoms with Crippen LogP contribution in [0.25, 0.3) is 44.2 Å². The van der Waals surface area contributed by atoms with Gasteiger partial charge < -0.3 is 39.9 Å². The molecule has 7 rings (SSSR count). The molecule has 56 heavy (non-hydrogen) atoms. The molecule has 15 nitrogen and oxygen atoms in total. The zero-order valence-electron chi connectivity index (χ0n) is 32.6. The SMILES string of the molecule is COC(=O)NC(C(=O)N1CCCC1c1ncc(-c2ccc3c(cnc4cc(-c5cnc(C6CCCN6C(=O)C(NC(=O)OC)C(C)C)[nH]5)ccc43)c2)[nH]1)C(C)C. The van der Waals surface area contributed by atoms with Gasteiger partial charge in [-0.15, -0.1) is 0 Å². The molecule has 294 valence electrons. The maximum atomic E-state index is 13.6. The summed E-state index contributed by atoms with van der Waals surface area (Å²) in [4.78, 5) is 75.9. The van der Waals surface area contributed by atoms with Crippen LogP contribution in [0.1, 0.15) is 77.1 Å². The Morgan fingerprint density at radius 3 is 1.64 bits per heavy atom. The van der Waals surface area contributed by atoms with Gasteiger partial charge in [-0.2, -0.15) is 0 Å². The Morgan fingerprint density at radius 2 is 1.16 bits per heavy atom. The molecular weight excluding hydrogens is 715 g/mol. The number of nitrogens with zero attached hydrogens (tertiary/aromatic N) is 5. The summed E-state index contributed by atoms with van der Waals surface area (Å²) >= 11 is 0. The summed E-state index contributed by atoms with van der Waals surface area (Å²) in [7, 11) is 2.57. The zero-order chi connectivity index (χ0) is 39.7. The molecule has 0 radical (unpaired) electrons. The molecule has 2 fully saturated rings. The average molecular weight is 764 g/mol. The van der Waals surface area contributed by atoms with Crippen molar-refractivity contribution in [3.8, 4) is 22.5 Å². The first-order valence-electron chi connectivity index (χ1n) is 19.2. The zero-order valence-corrected chi connectivity index (χ0v) is 32.6. The van der Waals surface area contributed by atoms with Gasteiger partial charge in [-0.3, -0.25) is 14.6 Å². The molecule has 0 saturated carbocycles. The lowest BCUT2D eigenvalue weighted by Crippen LogP contribution is -2.51. The van der Waals surface area contributed by atoms with Crippen molar-refractivity contribution in [1.82, 2.24) is 45.4 Å². The van der Waals surface area contributed by atoms with Crippen LogP contribution in [0.15, 0.2) is 55.0 Å². The first kappa shape index (κ1) is 38.3. The molecule has 4 amide bonds. The predicted molar refractivity (Wildman–Crippen MR) is 210 cm³/mol. The number of nitrogens with one attached hydrogen (secondary N) is 4. The van der Waals surface area contributed by atoms with Gasteiger partial charge >= 0.3 is 12.2 Å². The lowest BCUT2D eigenvalue weighted by atomic mass is 10.0. The van der Waals surface area contributed by atoms with Crippen LogP contribution in [0.5, 0.6) is 0 Å². The minimum absolute atomic E-state index is 0.114. The van der Waals surface area contributed by atoms with Gasteiger partial charge in [0.2, 0.25) is 11.8 Å². The molecule has 2 aromatic carbocycles. The quantitative estimate of drug-likeness (QED) is 0.119. The highest BCUT2D eigenvalue weighted by Gasteiger charge is 2.39. The minimum Gasteiger partial charge on any atom is -0.453 e. The van der Waals surface area contributed by atoms with E-state index in [0.717, 1.165) is 69.9 Å². The number of carbonyl (C=O) groups is 4. The summed E-state index contributed by atoms with van der Waals surface area (Å²) in [5.41, 5.74) is 4.36. The van der Waals surface area contributed by atoms with Gasteiger partial charge in [0.1, 0.15) is 23.7 Å². The summed E-state index contributed by atoms with van der Waals surface area (Å²) in [5.74, 6) is 0.883. The molecule has 0 aliphatic carbocycles. The molecule has 0 bridgehead atoms. The third-order valence-electron chi connectivity index (χ3n) is 11.0. The Labute approximate surface area is 324 Å². The van der Waals surface area contributed by atoms with Crippen LogP contribution >= 0.6 is 0 Å². The third kappa shape index (κ3) is 7.49. The van der Waals surface area contributed by atoms with Gasteiger partial charge in [-0.25, -0.2) is 19.6 Å². The summed E-state index contributed by atoms with van der Waals surface area (Å²) < 4.78 is 9.53. The first-order chi connectivity index (χ1) is 27.0. The number of ether oxygens (including phenoxy) is 2. The number of amides is 4. The number of likely N-dealkylation sites (tertiary alicyclic amines) is 2. The molecule has 4 atom stereocenters. The van der Waals surface area contributed by atoms with E-state index in [1.165, 1.54) is 14.2 Å². The topological polar surface area (TPSA) is 188 Å². The van der Waals surface area contributed by atoms with Crippen molar-refractivity contribution < 1.29 is 28.7 Å². The van der Waals surface area contributed by atoms with Crippen LogP contribution in [-0.4, -0.2) is 98.1 Å². The van der Waals surface area contributed by atoms with Crippen LogP contribution in [0.4, 0.5) is 9.59 Å². The number of hydrogen-bond acceptors (Lipinski definition) is 9.